The standard InChI is InChI=1S/C19H22ClN3O3/c1-11-4-5-13(21)9-14(11)19(25)22-7-6-18(24)23-16-8-12(2)15(20)10-17(16)26-3/h4-5,8-10H,6-7,21H2,1-3H3,(H,22,25)(H,23,24). The molecule has 0 fully saturated rings. The number of carbonyl (C=O) groups excluding carboxylic acids is 2. The molecule has 0 bridgehead atoms. The summed E-state index contributed by atoms with van der Waals surface area (Å²) in [5.41, 5.74) is 8.92. The van der Waals surface area contributed by atoms with Crippen molar-refractivity contribution in [3.63, 3.8) is 0 Å². The molecule has 0 aliphatic rings. The number of hydrogen-bond donors (Lipinski definition) is 3. The number of carbonyl (C=O) groups is 2. The first-order chi connectivity index (χ1) is 12.3. The summed E-state index contributed by atoms with van der Waals surface area (Å²) in [5.74, 6) is -0.0227. The number of benzene rings is 2. The maximum Gasteiger partial charge on any atom is 0.251 e. The largest absolute Gasteiger partial charge is 0.495 e. The van der Waals surface area contributed by atoms with E-state index in [9.17, 15) is 9.59 Å². The Morgan fingerprint density at radius 2 is 1.88 bits per heavy atom. The van der Waals surface area contributed by atoms with Gasteiger partial charge in [-0.15, -0.1) is 0 Å². The van der Waals surface area contributed by atoms with E-state index in [2.05, 4.69) is 10.6 Å². The number of aryl methyl sites for hydroxylation is 2. The quantitative estimate of drug-likeness (QED) is 0.675. The van der Waals surface area contributed by atoms with Gasteiger partial charge in [0.2, 0.25) is 5.91 Å². The van der Waals surface area contributed by atoms with E-state index < -0.39 is 0 Å². The van der Waals surface area contributed by atoms with Gasteiger partial charge in [0.05, 0.1) is 12.8 Å². The molecule has 0 saturated heterocycles. The second kappa shape index (κ2) is 8.58. The van der Waals surface area contributed by atoms with Gasteiger partial charge in [0.25, 0.3) is 5.91 Å². The van der Waals surface area contributed by atoms with Gasteiger partial charge in [0, 0.05) is 35.3 Å². The van der Waals surface area contributed by atoms with Crippen molar-refractivity contribution >= 4 is 34.8 Å². The topological polar surface area (TPSA) is 93.5 Å². The monoisotopic (exact) mass is 375 g/mol. The minimum Gasteiger partial charge on any atom is -0.495 e. The second-order valence-electron chi connectivity index (χ2n) is 5.93. The number of methoxy groups -OCH3 is 1. The molecule has 2 amide bonds. The van der Waals surface area contributed by atoms with Crippen molar-refractivity contribution in [1.82, 2.24) is 5.32 Å². The molecule has 26 heavy (non-hydrogen) atoms. The Balaban J connectivity index is 1.92. The minimum absolute atomic E-state index is 0.123. The summed E-state index contributed by atoms with van der Waals surface area (Å²) in [7, 11) is 1.50. The summed E-state index contributed by atoms with van der Waals surface area (Å²) >= 11 is 6.05. The van der Waals surface area contributed by atoms with Crippen LogP contribution in [-0.4, -0.2) is 25.5 Å². The third kappa shape index (κ3) is 4.89. The number of nitrogens with two attached hydrogens (primary N) is 1. The van der Waals surface area contributed by atoms with Gasteiger partial charge in [-0.2, -0.15) is 0 Å². The maximum atomic E-state index is 12.2. The van der Waals surface area contributed by atoms with E-state index in [0.717, 1.165) is 11.1 Å². The van der Waals surface area contributed by atoms with Crippen molar-refractivity contribution in [2.75, 3.05) is 24.7 Å². The molecule has 0 aliphatic carbocycles. The summed E-state index contributed by atoms with van der Waals surface area (Å²) in [4.78, 5) is 24.4. The van der Waals surface area contributed by atoms with Crippen LogP contribution >= 0.6 is 11.6 Å². The maximum absolute atomic E-state index is 12.2. The van der Waals surface area contributed by atoms with E-state index in [1.54, 1.807) is 30.3 Å². The third-order valence-corrected chi connectivity index (χ3v) is 4.31. The molecule has 0 aliphatic heterocycles. The predicted octanol–water partition coefficient (Wildman–Crippen LogP) is 3.31. The third-order valence-electron chi connectivity index (χ3n) is 3.90. The van der Waals surface area contributed by atoms with Gasteiger partial charge in [-0.1, -0.05) is 17.7 Å². The molecule has 2 aromatic rings. The van der Waals surface area contributed by atoms with Crippen LogP contribution in [0, 0.1) is 13.8 Å². The fourth-order valence-electron chi connectivity index (χ4n) is 2.41. The first-order valence-electron chi connectivity index (χ1n) is 8.10. The van der Waals surface area contributed by atoms with Crippen LogP contribution in [0.3, 0.4) is 0 Å². The first-order valence-corrected chi connectivity index (χ1v) is 8.48. The Bertz CT molecular complexity index is 837. The van der Waals surface area contributed by atoms with Crippen LogP contribution in [0.25, 0.3) is 0 Å². The molecule has 0 radical (unpaired) electrons. The molecular formula is C19H22ClN3O3. The number of nitrogens with one attached hydrogen (secondary N) is 2. The van der Waals surface area contributed by atoms with Gasteiger partial charge in [-0.05, 0) is 43.2 Å². The van der Waals surface area contributed by atoms with Crippen LogP contribution in [0.4, 0.5) is 11.4 Å². The van der Waals surface area contributed by atoms with E-state index in [0.29, 0.717) is 27.7 Å². The lowest BCUT2D eigenvalue weighted by Crippen LogP contribution is -2.28. The van der Waals surface area contributed by atoms with Crippen LogP contribution in [0.15, 0.2) is 30.3 Å². The lowest BCUT2D eigenvalue weighted by molar-refractivity contribution is -0.116. The van der Waals surface area contributed by atoms with Crippen molar-refractivity contribution in [2.45, 2.75) is 20.3 Å². The summed E-state index contributed by atoms with van der Waals surface area (Å²) < 4.78 is 5.23. The fraction of sp³-hybridized carbons (Fsp3) is 0.263. The van der Waals surface area contributed by atoms with Crippen molar-refractivity contribution in [1.29, 1.82) is 0 Å². The molecule has 0 aromatic heterocycles. The van der Waals surface area contributed by atoms with E-state index in [4.69, 9.17) is 22.1 Å². The highest BCUT2D eigenvalue weighted by Gasteiger charge is 2.12. The molecule has 0 atom stereocenters. The molecule has 2 aromatic carbocycles. The summed E-state index contributed by atoms with van der Waals surface area (Å²) in [6.07, 6.45) is 0.123. The van der Waals surface area contributed by atoms with Crippen molar-refractivity contribution in [2.24, 2.45) is 0 Å². The molecule has 4 N–H and O–H groups in total. The Morgan fingerprint density at radius 1 is 1.15 bits per heavy atom. The second-order valence-corrected chi connectivity index (χ2v) is 6.34. The lowest BCUT2D eigenvalue weighted by atomic mass is 10.1. The lowest BCUT2D eigenvalue weighted by Gasteiger charge is -2.13. The minimum atomic E-state index is -0.262. The van der Waals surface area contributed by atoms with Gasteiger partial charge < -0.3 is 21.1 Å². The van der Waals surface area contributed by atoms with Gasteiger partial charge in [-0.25, -0.2) is 0 Å². The van der Waals surface area contributed by atoms with Crippen LogP contribution in [0.5, 0.6) is 5.75 Å². The van der Waals surface area contributed by atoms with Crippen molar-refractivity contribution in [3.05, 3.63) is 52.0 Å². The molecule has 0 heterocycles. The van der Waals surface area contributed by atoms with Gasteiger partial charge in [0.15, 0.2) is 0 Å². The van der Waals surface area contributed by atoms with Gasteiger partial charge >= 0.3 is 0 Å². The number of hydrogen-bond acceptors (Lipinski definition) is 4. The van der Waals surface area contributed by atoms with Crippen LogP contribution in [0.1, 0.15) is 27.9 Å². The molecule has 0 unspecified atom stereocenters. The highest BCUT2D eigenvalue weighted by molar-refractivity contribution is 6.31. The fourth-order valence-corrected chi connectivity index (χ4v) is 2.57. The summed E-state index contributed by atoms with van der Waals surface area (Å²) in [5, 5.41) is 6.05. The number of ether oxygens (including phenoxy) is 1. The van der Waals surface area contributed by atoms with E-state index >= 15 is 0 Å². The Kier molecular flexibility index (Phi) is 6.46. The number of amides is 2. The zero-order valence-corrected chi connectivity index (χ0v) is 15.7. The SMILES string of the molecule is COc1cc(Cl)c(C)cc1NC(=O)CCNC(=O)c1cc(N)ccc1C. The van der Waals surface area contributed by atoms with Crippen molar-refractivity contribution < 1.29 is 14.3 Å². The zero-order valence-electron chi connectivity index (χ0n) is 15.0. The molecule has 0 spiro atoms. The van der Waals surface area contributed by atoms with Crippen LogP contribution in [-0.2, 0) is 4.79 Å². The average molecular weight is 376 g/mol. The van der Waals surface area contributed by atoms with E-state index in [1.807, 2.05) is 13.8 Å². The van der Waals surface area contributed by atoms with Gasteiger partial charge in [0.1, 0.15) is 5.75 Å². The first kappa shape index (κ1) is 19.6. The van der Waals surface area contributed by atoms with Crippen LogP contribution in [0.2, 0.25) is 5.02 Å². The van der Waals surface area contributed by atoms with Gasteiger partial charge in [-0.3, -0.25) is 9.59 Å². The number of anilines is 2. The van der Waals surface area contributed by atoms with E-state index in [-0.39, 0.29) is 24.8 Å². The molecule has 138 valence electrons. The smallest absolute Gasteiger partial charge is 0.251 e. The number of rotatable bonds is 6. The normalized spacial score (nSPS) is 10.3. The van der Waals surface area contributed by atoms with E-state index in [1.165, 1.54) is 7.11 Å². The highest BCUT2D eigenvalue weighted by Crippen LogP contribution is 2.30. The molecule has 2 rings (SSSR count). The Hall–Kier alpha value is -2.73. The predicted molar refractivity (Wildman–Crippen MR) is 104 cm³/mol. The van der Waals surface area contributed by atoms with Crippen molar-refractivity contribution in [3.8, 4) is 5.75 Å². The highest BCUT2D eigenvalue weighted by atomic mass is 35.5. The molecule has 7 heteroatoms. The molecule has 6 nitrogen and oxygen atoms in total. The number of halogens is 1. The molecular weight excluding hydrogens is 354 g/mol. The van der Waals surface area contributed by atoms with Crippen LogP contribution < -0.4 is 21.1 Å². The number of nitrogen functional groups attached to an aromatic ring is 1. The zero-order chi connectivity index (χ0) is 19.3. The molecule has 0 saturated carbocycles. The Morgan fingerprint density at radius 3 is 2.58 bits per heavy atom. The Labute approximate surface area is 157 Å². The summed E-state index contributed by atoms with van der Waals surface area (Å²) in [6.45, 7) is 3.87. The average Bonchev–Trinajstić information content (AvgIpc) is 2.59. The summed E-state index contributed by atoms with van der Waals surface area (Å²) in [6, 6.07) is 8.53.